The fourth-order valence-corrected chi connectivity index (χ4v) is 2.45. The van der Waals surface area contributed by atoms with Crippen molar-refractivity contribution in [3.8, 4) is 0 Å². The van der Waals surface area contributed by atoms with Crippen LogP contribution in [-0.4, -0.2) is 41.5 Å². The van der Waals surface area contributed by atoms with Crippen LogP contribution in [-0.2, 0) is 9.59 Å². The summed E-state index contributed by atoms with van der Waals surface area (Å²) in [6.45, 7) is 0.782. The van der Waals surface area contributed by atoms with Gasteiger partial charge in [-0.05, 0) is 24.8 Å². The maximum absolute atomic E-state index is 13.1. The Kier molecular flexibility index (Phi) is 5.31. The first-order chi connectivity index (χ1) is 10.4. The third kappa shape index (κ3) is 3.72. The van der Waals surface area contributed by atoms with Crippen LogP contribution in [0.25, 0.3) is 0 Å². The number of benzene rings is 1. The van der Waals surface area contributed by atoms with Crippen molar-refractivity contribution < 1.29 is 23.5 Å². The predicted molar refractivity (Wildman–Crippen MR) is 76.4 cm³/mol. The number of carbonyl (C=O) groups is 2. The van der Waals surface area contributed by atoms with Gasteiger partial charge >= 0.3 is 11.8 Å². The van der Waals surface area contributed by atoms with Crippen LogP contribution < -0.4 is 5.32 Å². The number of hydrogen-bond acceptors (Lipinski definition) is 3. The highest BCUT2D eigenvalue weighted by molar-refractivity contribution is 6.41. The normalized spacial score (nSPS) is 15.7. The number of piperidine rings is 1. The first-order valence-corrected chi connectivity index (χ1v) is 7.15. The van der Waals surface area contributed by atoms with Crippen molar-refractivity contribution in [2.24, 2.45) is 5.92 Å². The molecular weight excluding hydrogens is 318 g/mol. The van der Waals surface area contributed by atoms with Gasteiger partial charge in [0.25, 0.3) is 0 Å². The van der Waals surface area contributed by atoms with E-state index in [9.17, 15) is 18.4 Å². The van der Waals surface area contributed by atoms with E-state index in [0.29, 0.717) is 25.9 Å². The van der Waals surface area contributed by atoms with Crippen molar-refractivity contribution in [3.05, 3.63) is 28.8 Å². The molecular formula is C14H15ClF2N2O3. The van der Waals surface area contributed by atoms with Crippen LogP contribution in [0.4, 0.5) is 14.5 Å². The summed E-state index contributed by atoms with van der Waals surface area (Å²) in [5.41, 5.74) is -0.163. The molecule has 1 aliphatic heterocycles. The van der Waals surface area contributed by atoms with Gasteiger partial charge in [-0.3, -0.25) is 9.59 Å². The molecule has 1 fully saturated rings. The lowest BCUT2D eigenvalue weighted by Crippen LogP contribution is -2.44. The Hall–Kier alpha value is -1.73. The second-order valence-electron chi connectivity index (χ2n) is 5.12. The first kappa shape index (κ1) is 16.6. The highest BCUT2D eigenvalue weighted by Gasteiger charge is 2.27. The number of amides is 2. The van der Waals surface area contributed by atoms with Gasteiger partial charge in [0.05, 0.1) is 10.7 Å². The number of nitrogens with one attached hydrogen (secondary N) is 1. The van der Waals surface area contributed by atoms with E-state index in [1.54, 1.807) is 0 Å². The number of hydrogen-bond donors (Lipinski definition) is 2. The van der Waals surface area contributed by atoms with E-state index in [4.69, 9.17) is 16.7 Å². The van der Waals surface area contributed by atoms with Crippen LogP contribution in [0.15, 0.2) is 12.1 Å². The molecule has 5 nitrogen and oxygen atoms in total. The zero-order chi connectivity index (χ0) is 16.3. The van der Waals surface area contributed by atoms with Crippen LogP contribution in [0.5, 0.6) is 0 Å². The molecule has 1 aromatic rings. The fourth-order valence-electron chi connectivity index (χ4n) is 2.26. The third-order valence-electron chi connectivity index (χ3n) is 3.61. The van der Waals surface area contributed by atoms with Crippen molar-refractivity contribution in [3.63, 3.8) is 0 Å². The van der Waals surface area contributed by atoms with Gasteiger partial charge in [-0.2, -0.15) is 0 Å². The Balaban J connectivity index is 2.00. The molecule has 2 rings (SSSR count). The maximum atomic E-state index is 13.1. The minimum Gasteiger partial charge on any atom is -0.396 e. The van der Waals surface area contributed by atoms with E-state index < -0.39 is 23.4 Å². The fraction of sp³-hybridized carbons (Fsp3) is 0.429. The number of likely N-dealkylation sites (tertiary alicyclic amines) is 1. The standard InChI is InChI=1S/C14H15ClF2N2O3/c15-9-5-10(16)11(17)6-12(9)18-13(21)14(22)19-3-1-8(7-20)2-4-19/h5-6,8,20H,1-4,7H2,(H,18,21). The summed E-state index contributed by atoms with van der Waals surface area (Å²) in [4.78, 5) is 25.2. The molecule has 0 bridgehead atoms. The Morgan fingerprint density at radius 2 is 1.86 bits per heavy atom. The SMILES string of the molecule is O=C(Nc1cc(F)c(F)cc1Cl)C(=O)N1CCC(CO)CC1. The van der Waals surface area contributed by atoms with Gasteiger partial charge < -0.3 is 15.3 Å². The Labute approximate surface area is 130 Å². The van der Waals surface area contributed by atoms with Gasteiger partial charge in [0.1, 0.15) is 0 Å². The van der Waals surface area contributed by atoms with E-state index in [-0.39, 0.29) is 23.2 Å². The van der Waals surface area contributed by atoms with Crippen LogP contribution in [0.3, 0.4) is 0 Å². The third-order valence-corrected chi connectivity index (χ3v) is 3.93. The zero-order valence-electron chi connectivity index (χ0n) is 11.6. The van der Waals surface area contributed by atoms with Crippen molar-refractivity contribution >= 4 is 29.1 Å². The molecule has 0 spiro atoms. The zero-order valence-corrected chi connectivity index (χ0v) is 12.4. The summed E-state index contributed by atoms with van der Waals surface area (Å²) in [7, 11) is 0. The van der Waals surface area contributed by atoms with Crippen molar-refractivity contribution in [2.45, 2.75) is 12.8 Å². The highest BCUT2D eigenvalue weighted by Crippen LogP contribution is 2.25. The van der Waals surface area contributed by atoms with Gasteiger partial charge in [-0.25, -0.2) is 8.78 Å². The summed E-state index contributed by atoms with van der Waals surface area (Å²) in [6, 6.07) is 1.45. The molecule has 1 aliphatic rings. The number of nitrogens with zero attached hydrogens (tertiary/aromatic N) is 1. The van der Waals surface area contributed by atoms with Crippen molar-refractivity contribution in [1.82, 2.24) is 4.90 Å². The molecule has 0 atom stereocenters. The van der Waals surface area contributed by atoms with Crippen LogP contribution in [0, 0.1) is 17.6 Å². The lowest BCUT2D eigenvalue weighted by Gasteiger charge is -2.30. The maximum Gasteiger partial charge on any atom is 0.313 e. The molecule has 0 saturated carbocycles. The van der Waals surface area contributed by atoms with E-state index in [2.05, 4.69) is 5.32 Å². The highest BCUT2D eigenvalue weighted by atomic mass is 35.5. The van der Waals surface area contributed by atoms with E-state index in [1.165, 1.54) is 4.90 Å². The molecule has 1 heterocycles. The summed E-state index contributed by atoms with van der Waals surface area (Å²) in [5.74, 6) is -3.91. The predicted octanol–water partition coefficient (Wildman–Crippen LogP) is 1.79. The number of anilines is 1. The van der Waals surface area contributed by atoms with Crippen LogP contribution >= 0.6 is 11.6 Å². The number of rotatable bonds is 2. The minimum absolute atomic E-state index is 0.0543. The summed E-state index contributed by atoms with van der Waals surface area (Å²) in [6.07, 6.45) is 1.23. The van der Waals surface area contributed by atoms with Gasteiger partial charge in [-0.1, -0.05) is 11.6 Å². The molecule has 8 heteroatoms. The molecule has 1 aromatic carbocycles. The smallest absolute Gasteiger partial charge is 0.313 e. The quantitative estimate of drug-likeness (QED) is 0.641. The molecule has 22 heavy (non-hydrogen) atoms. The van der Waals surface area contributed by atoms with Crippen molar-refractivity contribution in [2.75, 3.05) is 25.0 Å². The Morgan fingerprint density at radius 3 is 2.45 bits per heavy atom. The summed E-state index contributed by atoms with van der Waals surface area (Å²) < 4.78 is 26.1. The van der Waals surface area contributed by atoms with Gasteiger partial charge in [0, 0.05) is 25.8 Å². The van der Waals surface area contributed by atoms with E-state index in [0.717, 1.165) is 12.1 Å². The summed E-state index contributed by atoms with van der Waals surface area (Å²) in [5, 5.41) is 11.0. The van der Waals surface area contributed by atoms with Gasteiger partial charge in [-0.15, -0.1) is 0 Å². The molecule has 0 aliphatic carbocycles. The number of halogens is 3. The van der Waals surface area contributed by atoms with Gasteiger partial charge in [0.2, 0.25) is 0 Å². The van der Waals surface area contributed by atoms with Crippen LogP contribution in [0.2, 0.25) is 5.02 Å². The Morgan fingerprint density at radius 1 is 1.27 bits per heavy atom. The number of carbonyl (C=O) groups excluding carboxylic acids is 2. The largest absolute Gasteiger partial charge is 0.396 e. The lowest BCUT2D eigenvalue weighted by molar-refractivity contribution is -0.144. The van der Waals surface area contributed by atoms with E-state index in [1.807, 2.05) is 0 Å². The molecule has 0 unspecified atom stereocenters. The number of aliphatic hydroxyl groups is 1. The molecule has 2 amide bonds. The average Bonchev–Trinajstić information content (AvgIpc) is 2.52. The Bertz CT molecular complexity index is 590. The molecule has 0 aromatic heterocycles. The average molecular weight is 333 g/mol. The van der Waals surface area contributed by atoms with Crippen molar-refractivity contribution in [1.29, 1.82) is 0 Å². The second kappa shape index (κ2) is 7.02. The van der Waals surface area contributed by atoms with Gasteiger partial charge in [0.15, 0.2) is 11.6 Å². The number of aliphatic hydroxyl groups excluding tert-OH is 1. The summed E-state index contributed by atoms with van der Waals surface area (Å²) >= 11 is 5.70. The van der Waals surface area contributed by atoms with E-state index >= 15 is 0 Å². The minimum atomic E-state index is -1.17. The second-order valence-corrected chi connectivity index (χ2v) is 5.53. The topological polar surface area (TPSA) is 69.6 Å². The lowest BCUT2D eigenvalue weighted by atomic mass is 9.98. The first-order valence-electron chi connectivity index (χ1n) is 6.78. The molecule has 1 saturated heterocycles. The van der Waals surface area contributed by atoms with Crippen LogP contribution in [0.1, 0.15) is 12.8 Å². The monoisotopic (exact) mass is 332 g/mol. The molecule has 120 valence electrons. The molecule has 2 N–H and O–H groups in total. The molecule has 0 radical (unpaired) electrons.